The first-order chi connectivity index (χ1) is 25.5. The Morgan fingerprint density at radius 2 is 0.827 bits per heavy atom. The minimum absolute atomic E-state index is 0.0328. The summed E-state index contributed by atoms with van der Waals surface area (Å²) in [6, 6.07) is 47.8. The Morgan fingerprint density at radius 3 is 1.27 bits per heavy atom. The lowest BCUT2D eigenvalue weighted by atomic mass is 9.95. The molecule has 268 valence electrons. The Labute approximate surface area is 317 Å². The Balaban J connectivity index is 0.000000183. The molecule has 5 aromatic carbocycles. The maximum atomic E-state index is 12.4. The summed E-state index contributed by atoms with van der Waals surface area (Å²) >= 11 is 3.46. The molecular weight excluding hydrogens is 708 g/mol. The van der Waals surface area contributed by atoms with Crippen LogP contribution in [-0.4, -0.2) is 11.9 Å². The third-order valence-corrected chi connectivity index (χ3v) is 11.0. The third kappa shape index (κ3) is 11.8. The number of carbonyl (C=O) groups is 2. The highest BCUT2D eigenvalue weighted by Gasteiger charge is 2.32. The van der Waals surface area contributed by atoms with E-state index in [1.165, 1.54) is 22.3 Å². The first-order valence-corrected chi connectivity index (χ1v) is 19.5. The molecule has 52 heavy (non-hydrogen) atoms. The van der Waals surface area contributed by atoms with E-state index in [-0.39, 0.29) is 23.8 Å². The summed E-state index contributed by atoms with van der Waals surface area (Å²) in [5, 5.41) is 0. The number of esters is 2. The van der Waals surface area contributed by atoms with Gasteiger partial charge in [0.25, 0.3) is 0 Å². The molecular formula is C47H49BrO4. The zero-order chi connectivity index (χ0) is 36.0. The second-order valence-electron chi connectivity index (χ2n) is 14.5. The number of carbonyl (C=O) groups excluding carboxylic acids is 2. The van der Waals surface area contributed by atoms with E-state index in [2.05, 4.69) is 94.8 Å². The van der Waals surface area contributed by atoms with Gasteiger partial charge in [-0.25, -0.2) is 0 Å². The summed E-state index contributed by atoms with van der Waals surface area (Å²) in [6.45, 7) is 0.761. The molecule has 0 radical (unpaired) electrons. The van der Waals surface area contributed by atoms with E-state index in [0.717, 1.165) is 73.4 Å². The molecule has 2 aliphatic carbocycles. The van der Waals surface area contributed by atoms with Crippen molar-refractivity contribution in [1.29, 1.82) is 0 Å². The number of benzene rings is 5. The Morgan fingerprint density at radius 1 is 0.462 bits per heavy atom. The lowest BCUT2D eigenvalue weighted by molar-refractivity contribution is -0.150. The largest absolute Gasteiger partial charge is 0.461 e. The first kappa shape index (κ1) is 37.3. The van der Waals surface area contributed by atoms with Gasteiger partial charge >= 0.3 is 11.9 Å². The van der Waals surface area contributed by atoms with Crippen molar-refractivity contribution in [3.8, 4) is 0 Å². The van der Waals surface area contributed by atoms with Crippen molar-refractivity contribution in [2.75, 3.05) is 0 Å². The fraction of sp³-hybridized carbons (Fsp3) is 0.319. The summed E-state index contributed by atoms with van der Waals surface area (Å²) in [5.41, 5.74) is 7.49. The van der Waals surface area contributed by atoms with Gasteiger partial charge in [-0.1, -0.05) is 143 Å². The third-order valence-electron chi connectivity index (χ3n) is 10.4. The van der Waals surface area contributed by atoms with E-state index in [1.54, 1.807) is 0 Å². The van der Waals surface area contributed by atoms with E-state index in [9.17, 15) is 9.59 Å². The molecule has 7 rings (SSSR count). The van der Waals surface area contributed by atoms with Crippen LogP contribution in [0.5, 0.6) is 0 Å². The van der Waals surface area contributed by atoms with Crippen LogP contribution in [0.3, 0.4) is 0 Å². The quantitative estimate of drug-likeness (QED) is 0.119. The molecule has 0 saturated heterocycles. The molecule has 0 heterocycles. The smallest absolute Gasteiger partial charge is 0.309 e. The van der Waals surface area contributed by atoms with Gasteiger partial charge in [-0.15, -0.1) is 0 Å². The number of rotatable bonds is 12. The zero-order valence-corrected chi connectivity index (χ0v) is 31.5. The van der Waals surface area contributed by atoms with Gasteiger partial charge in [0.2, 0.25) is 0 Å². The van der Waals surface area contributed by atoms with Gasteiger partial charge in [-0.05, 0) is 115 Å². The van der Waals surface area contributed by atoms with E-state index in [1.807, 2.05) is 60.7 Å². The molecule has 5 aromatic rings. The van der Waals surface area contributed by atoms with Crippen LogP contribution >= 0.6 is 15.9 Å². The van der Waals surface area contributed by atoms with Crippen molar-refractivity contribution in [2.45, 2.75) is 71.0 Å². The van der Waals surface area contributed by atoms with Crippen LogP contribution in [0.4, 0.5) is 0 Å². The minimum atomic E-state index is -0.0350. The molecule has 4 nitrogen and oxygen atoms in total. The number of hydrogen-bond donors (Lipinski definition) is 0. The van der Waals surface area contributed by atoms with E-state index >= 15 is 0 Å². The van der Waals surface area contributed by atoms with Crippen LogP contribution < -0.4 is 0 Å². The van der Waals surface area contributed by atoms with Gasteiger partial charge in [-0.3, -0.25) is 9.59 Å². The highest BCUT2D eigenvalue weighted by atomic mass is 79.9. The van der Waals surface area contributed by atoms with E-state index in [0.29, 0.717) is 25.0 Å². The van der Waals surface area contributed by atoms with Crippen LogP contribution in [0.1, 0.15) is 71.9 Å². The summed E-state index contributed by atoms with van der Waals surface area (Å²) in [5.74, 6) is 1.22. The Bertz CT molecular complexity index is 1810. The highest BCUT2D eigenvalue weighted by Crippen LogP contribution is 2.35. The molecule has 0 unspecified atom stereocenters. The van der Waals surface area contributed by atoms with Gasteiger partial charge in [0.05, 0.1) is 11.8 Å². The van der Waals surface area contributed by atoms with Gasteiger partial charge in [-0.2, -0.15) is 0 Å². The lowest BCUT2D eigenvalue weighted by Gasteiger charge is -2.12. The van der Waals surface area contributed by atoms with Crippen molar-refractivity contribution >= 4 is 27.9 Å². The van der Waals surface area contributed by atoms with E-state index in [4.69, 9.17) is 9.47 Å². The summed E-state index contributed by atoms with van der Waals surface area (Å²) in [7, 11) is 0. The van der Waals surface area contributed by atoms with Crippen molar-refractivity contribution in [1.82, 2.24) is 0 Å². The van der Waals surface area contributed by atoms with Gasteiger partial charge < -0.3 is 9.47 Å². The predicted molar refractivity (Wildman–Crippen MR) is 211 cm³/mol. The molecule has 2 aliphatic rings. The number of hydrogen-bond acceptors (Lipinski definition) is 4. The monoisotopic (exact) mass is 756 g/mol. The highest BCUT2D eigenvalue weighted by molar-refractivity contribution is 9.10. The maximum absolute atomic E-state index is 12.4. The van der Waals surface area contributed by atoms with Crippen LogP contribution in [-0.2, 0) is 51.5 Å². The van der Waals surface area contributed by atoms with Crippen LogP contribution in [0.2, 0.25) is 0 Å². The van der Waals surface area contributed by atoms with Gasteiger partial charge in [0.1, 0.15) is 13.2 Å². The average Bonchev–Trinajstić information content (AvgIpc) is 3.86. The second kappa shape index (κ2) is 19.4. The van der Waals surface area contributed by atoms with Crippen molar-refractivity contribution in [2.24, 2.45) is 23.7 Å². The molecule has 5 heteroatoms. The van der Waals surface area contributed by atoms with Crippen molar-refractivity contribution in [3.63, 3.8) is 0 Å². The Kier molecular flexibility index (Phi) is 13.9. The second-order valence-corrected chi connectivity index (χ2v) is 15.4. The standard InChI is InChI=1S/C27H28O2.C20H21BrO2/c28-27(29-20-24-9-5-2-6-10-24)26-16-15-25(19-26)18-23-13-11-22(12-14-23)17-21-7-3-1-4-8-21;21-19-10-7-15(8-11-19)12-17-6-9-18(13-17)20(22)23-14-16-4-2-1-3-5-16/h1-14,25-26H,15-20H2;1-5,7-8,10-11,17-18H,6,9,12-14H2/t25-,26+;17-,18+/m00/s1. The molecule has 0 aromatic heterocycles. The predicted octanol–water partition coefficient (Wildman–Crippen LogP) is 11.1. The molecule has 0 N–H and O–H groups in total. The maximum Gasteiger partial charge on any atom is 0.309 e. The summed E-state index contributed by atoms with van der Waals surface area (Å²) in [6.07, 6.45) is 9.09. The summed E-state index contributed by atoms with van der Waals surface area (Å²) in [4.78, 5) is 24.6. The summed E-state index contributed by atoms with van der Waals surface area (Å²) < 4.78 is 12.1. The number of ether oxygens (including phenoxy) is 2. The SMILES string of the molecule is O=C(OCc1ccccc1)[C@@H]1CC[C@@H](Cc2ccc(Br)cc2)C1.O=C(OCc1ccccc1)[C@@H]1CC[C@@H](Cc2ccc(Cc3ccccc3)cc2)C1. The number of halogens is 1. The van der Waals surface area contributed by atoms with E-state index < -0.39 is 0 Å². The van der Waals surface area contributed by atoms with Crippen LogP contribution in [0.25, 0.3) is 0 Å². The van der Waals surface area contributed by atoms with Crippen molar-refractivity contribution < 1.29 is 19.1 Å². The van der Waals surface area contributed by atoms with Crippen molar-refractivity contribution in [3.05, 3.63) is 177 Å². The normalized spacial score (nSPS) is 19.3. The Hall–Kier alpha value is -4.48. The average molecular weight is 758 g/mol. The molecule has 2 fully saturated rings. The van der Waals surface area contributed by atoms with Crippen LogP contribution in [0.15, 0.2) is 144 Å². The molecule has 0 bridgehead atoms. The molecule has 0 amide bonds. The molecule has 0 aliphatic heterocycles. The fourth-order valence-corrected chi connectivity index (χ4v) is 7.82. The fourth-order valence-electron chi connectivity index (χ4n) is 7.55. The van der Waals surface area contributed by atoms with Crippen LogP contribution in [0, 0.1) is 23.7 Å². The lowest BCUT2D eigenvalue weighted by Crippen LogP contribution is -2.15. The minimum Gasteiger partial charge on any atom is -0.461 e. The first-order valence-electron chi connectivity index (χ1n) is 18.7. The molecule has 0 spiro atoms. The van der Waals surface area contributed by atoms with Gasteiger partial charge in [0, 0.05) is 4.47 Å². The molecule has 2 saturated carbocycles. The topological polar surface area (TPSA) is 52.6 Å². The van der Waals surface area contributed by atoms with Gasteiger partial charge in [0.15, 0.2) is 0 Å². The molecule has 4 atom stereocenters. The zero-order valence-electron chi connectivity index (χ0n) is 29.9.